The molecule has 4 rings (SSSR count). The van der Waals surface area contributed by atoms with E-state index in [1.54, 1.807) is 12.1 Å². The molecule has 190 valence electrons. The first-order valence-electron chi connectivity index (χ1n) is 13.1. The zero-order valence-corrected chi connectivity index (χ0v) is 21.2. The average molecular weight is 491 g/mol. The number of unbranched alkanes of at least 4 members (excludes halogenated alkanes) is 5. The van der Waals surface area contributed by atoms with E-state index in [1.807, 2.05) is 6.07 Å². The third-order valence-electron chi connectivity index (χ3n) is 6.78. The fraction of sp³-hybridized carbons (Fsp3) is 0.483. The van der Waals surface area contributed by atoms with E-state index >= 15 is 0 Å². The number of ether oxygens (including phenoxy) is 1. The number of esters is 1. The van der Waals surface area contributed by atoms with Gasteiger partial charge >= 0.3 is 11.9 Å². The van der Waals surface area contributed by atoms with Crippen molar-refractivity contribution in [1.29, 1.82) is 0 Å². The maximum Gasteiger partial charge on any atom is 0.409 e. The molecule has 0 aliphatic carbocycles. The second-order valence-electron chi connectivity index (χ2n) is 9.45. The monoisotopic (exact) mass is 490 g/mol. The molecule has 2 aliphatic rings. The van der Waals surface area contributed by atoms with Gasteiger partial charge in [0.05, 0.1) is 11.1 Å². The Hall–Kier alpha value is -3.37. The number of benzene rings is 1. The summed E-state index contributed by atoms with van der Waals surface area (Å²) >= 11 is 0. The zero-order valence-electron chi connectivity index (χ0n) is 21.2. The topological polar surface area (TPSA) is 77.8 Å². The number of Topliss-reactive ketones (excluding diaryl/α,β-unsaturated/α-hetero) is 1. The summed E-state index contributed by atoms with van der Waals surface area (Å²) in [6, 6.07) is 5.33. The van der Waals surface area contributed by atoms with E-state index < -0.39 is 11.9 Å². The Morgan fingerprint density at radius 1 is 1.00 bits per heavy atom. The van der Waals surface area contributed by atoms with Crippen LogP contribution in [0.2, 0.25) is 0 Å². The van der Waals surface area contributed by atoms with Gasteiger partial charge in [-0.3, -0.25) is 9.69 Å². The minimum Gasteiger partial charge on any atom is -0.396 e. The molecule has 1 aromatic heterocycles. The van der Waals surface area contributed by atoms with Crippen molar-refractivity contribution in [3.05, 3.63) is 35.4 Å². The van der Waals surface area contributed by atoms with Gasteiger partial charge in [0.15, 0.2) is 5.78 Å². The molecule has 7 nitrogen and oxygen atoms in total. The lowest BCUT2D eigenvalue weighted by Gasteiger charge is -2.26. The second-order valence-corrected chi connectivity index (χ2v) is 9.45. The number of carbonyl (C=O) groups excluding carboxylic acids is 3. The highest BCUT2D eigenvalue weighted by molar-refractivity contribution is 6.06. The smallest absolute Gasteiger partial charge is 0.396 e. The maximum absolute atomic E-state index is 12.9. The van der Waals surface area contributed by atoms with Crippen LogP contribution in [0.3, 0.4) is 0 Å². The summed E-state index contributed by atoms with van der Waals surface area (Å²) in [6.45, 7) is 7.06. The van der Waals surface area contributed by atoms with Crippen molar-refractivity contribution in [2.24, 2.45) is 0 Å². The van der Waals surface area contributed by atoms with Crippen molar-refractivity contribution in [2.45, 2.75) is 71.6 Å². The molecule has 0 spiro atoms. The van der Waals surface area contributed by atoms with Gasteiger partial charge in [-0.25, -0.2) is 9.59 Å². The van der Waals surface area contributed by atoms with Crippen LogP contribution in [0.5, 0.6) is 5.88 Å². The molecule has 0 saturated carbocycles. The first-order valence-corrected chi connectivity index (χ1v) is 13.1. The summed E-state index contributed by atoms with van der Waals surface area (Å²) in [6.07, 6.45) is 11.1. The molecule has 3 heterocycles. The Bertz CT molecular complexity index is 1240. The summed E-state index contributed by atoms with van der Waals surface area (Å²) < 4.78 is 6.83. The van der Waals surface area contributed by atoms with Gasteiger partial charge in [-0.05, 0) is 49.6 Å². The number of hydrogen-bond donors (Lipinski definition) is 0. The molecular formula is C29H34N2O5. The van der Waals surface area contributed by atoms with Crippen LogP contribution in [-0.4, -0.2) is 47.0 Å². The predicted octanol–water partition coefficient (Wildman–Crippen LogP) is 4.95. The average Bonchev–Trinajstić information content (AvgIpc) is 3.16. The highest BCUT2D eigenvalue weighted by atomic mass is 16.7. The summed E-state index contributed by atoms with van der Waals surface area (Å²) in [5, 5.41) is 0.720. The van der Waals surface area contributed by atoms with E-state index in [0.717, 1.165) is 62.7 Å². The molecule has 0 fully saturated rings. The van der Waals surface area contributed by atoms with Gasteiger partial charge in [-0.1, -0.05) is 52.0 Å². The Kier molecular flexibility index (Phi) is 8.61. The van der Waals surface area contributed by atoms with Crippen molar-refractivity contribution in [3.8, 4) is 17.7 Å². The van der Waals surface area contributed by atoms with Gasteiger partial charge in [0, 0.05) is 42.3 Å². The van der Waals surface area contributed by atoms with E-state index in [-0.39, 0.29) is 11.7 Å². The number of nitrogens with zero attached hydrogens (tertiary/aromatic N) is 2. The van der Waals surface area contributed by atoms with Crippen LogP contribution in [0.25, 0.3) is 16.5 Å². The molecule has 1 aromatic carbocycles. The molecule has 0 amide bonds. The first kappa shape index (κ1) is 25.7. The molecule has 2 aromatic rings. The molecule has 0 radical (unpaired) electrons. The molecule has 0 N–H and O–H groups in total. The molecule has 0 saturated heterocycles. The highest BCUT2D eigenvalue weighted by Crippen LogP contribution is 2.40. The van der Waals surface area contributed by atoms with Crippen LogP contribution in [0.15, 0.2) is 24.3 Å². The largest absolute Gasteiger partial charge is 0.409 e. The van der Waals surface area contributed by atoms with E-state index in [9.17, 15) is 14.4 Å². The third kappa shape index (κ3) is 5.88. The predicted molar refractivity (Wildman–Crippen MR) is 139 cm³/mol. The van der Waals surface area contributed by atoms with Gasteiger partial charge in [-0.2, -0.15) is 0 Å². The van der Waals surface area contributed by atoms with Gasteiger partial charge in [0.1, 0.15) is 0 Å². The minimum absolute atomic E-state index is 0.0783. The highest BCUT2D eigenvalue weighted by Gasteiger charge is 2.28. The van der Waals surface area contributed by atoms with Crippen molar-refractivity contribution in [2.75, 3.05) is 19.6 Å². The van der Waals surface area contributed by atoms with Crippen molar-refractivity contribution in [3.63, 3.8) is 0 Å². The van der Waals surface area contributed by atoms with Crippen LogP contribution >= 0.6 is 0 Å². The Labute approximate surface area is 212 Å². The van der Waals surface area contributed by atoms with E-state index in [2.05, 4.69) is 36.7 Å². The molecule has 2 aliphatic heterocycles. The lowest BCUT2D eigenvalue weighted by molar-refractivity contribution is -0.140. The van der Waals surface area contributed by atoms with Crippen LogP contribution in [0.1, 0.15) is 87.6 Å². The number of hydrogen-bond acceptors (Lipinski definition) is 6. The SMILES string of the molecule is CCCCCCC(=O)c1ccc2c(c1)c(C1=CCN(CCCCC)CC1)c1n2OC(=O)C#CC(=O)O1. The molecular weight excluding hydrogens is 456 g/mol. The van der Waals surface area contributed by atoms with Crippen LogP contribution in [0.4, 0.5) is 0 Å². The molecule has 7 heteroatoms. The number of fused-ring (bicyclic) bond motifs is 3. The Morgan fingerprint density at radius 3 is 2.53 bits per heavy atom. The van der Waals surface area contributed by atoms with E-state index in [1.165, 1.54) is 24.0 Å². The molecule has 36 heavy (non-hydrogen) atoms. The van der Waals surface area contributed by atoms with Crippen LogP contribution < -0.4 is 9.57 Å². The molecule has 0 atom stereocenters. The molecule has 0 bridgehead atoms. The van der Waals surface area contributed by atoms with Crippen LogP contribution in [-0.2, 0) is 9.59 Å². The second kappa shape index (κ2) is 12.0. The number of carbonyl (C=O) groups is 3. The number of rotatable bonds is 11. The van der Waals surface area contributed by atoms with Crippen molar-refractivity contribution >= 4 is 34.2 Å². The summed E-state index contributed by atoms with van der Waals surface area (Å²) in [5.74, 6) is 2.86. The zero-order chi connectivity index (χ0) is 25.5. The fourth-order valence-electron chi connectivity index (χ4n) is 4.81. The van der Waals surface area contributed by atoms with Gasteiger partial charge in [0.25, 0.3) is 0 Å². The molecule has 0 unspecified atom stereocenters. The summed E-state index contributed by atoms with van der Waals surface area (Å²) in [4.78, 5) is 45.3. The summed E-state index contributed by atoms with van der Waals surface area (Å²) in [7, 11) is 0. The number of ketones is 1. The van der Waals surface area contributed by atoms with Crippen LogP contribution in [0, 0.1) is 11.8 Å². The summed E-state index contributed by atoms with van der Waals surface area (Å²) in [5.41, 5.74) is 2.85. The third-order valence-corrected chi connectivity index (χ3v) is 6.78. The van der Waals surface area contributed by atoms with Crippen molar-refractivity contribution < 1.29 is 24.0 Å². The Morgan fingerprint density at radius 2 is 1.78 bits per heavy atom. The lowest BCUT2D eigenvalue weighted by Crippen LogP contribution is -2.29. The van der Waals surface area contributed by atoms with E-state index in [4.69, 9.17) is 9.57 Å². The Balaban J connectivity index is 1.72. The standard InChI is InChI=1S/C29H34N2O5/c1-3-5-7-8-10-25(32)22-11-12-24-23(20-22)28(21-15-18-30(19-16-21)17-9-6-4-2)29-31(24)36-27(34)14-13-26(33)35-29/h11-12,15,20H,3-10,16-19H2,1-2H3. The van der Waals surface area contributed by atoms with Gasteiger partial charge in [-0.15, -0.1) is 4.73 Å². The van der Waals surface area contributed by atoms with E-state index in [0.29, 0.717) is 23.1 Å². The minimum atomic E-state index is -0.841. The maximum atomic E-state index is 12.9. The fourth-order valence-corrected chi connectivity index (χ4v) is 4.81. The lowest BCUT2D eigenvalue weighted by atomic mass is 9.96. The first-order chi connectivity index (χ1) is 17.5. The normalized spacial score (nSPS) is 15.8. The number of aromatic nitrogens is 1. The van der Waals surface area contributed by atoms with Gasteiger partial charge in [0.2, 0.25) is 5.88 Å². The van der Waals surface area contributed by atoms with Gasteiger partial charge < -0.3 is 9.57 Å². The quantitative estimate of drug-likeness (QED) is 0.146. The van der Waals surface area contributed by atoms with Crippen molar-refractivity contribution in [1.82, 2.24) is 9.63 Å².